The van der Waals surface area contributed by atoms with Gasteiger partial charge in [-0.05, 0) is 30.4 Å². The van der Waals surface area contributed by atoms with Gasteiger partial charge in [0.05, 0.1) is 4.88 Å². The van der Waals surface area contributed by atoms with Crippen molar-refractivity contribution in [1.29, 1.82) is 0 Å². The monoisotopic (exact) mass is 342 g/mol. The number of aromatic nitrogens is 1. The molecule has 0 spiro atoms. The van der Waals surface area contributed by atoms with Crippen LogP contribution < -0.4 is 0 Å². The molecule has 2 aromatic heterocycles. The molecule has 3 aromatic rings. The van der Waals surface area contributed by atoms with E-state index >= 15 is 0 Å². The minimum atomic E-state index is -0.296. The fourth-order valence-electron chi connectivity index (χ4n) is 2.62. The molecule has 1 saturated carbocycles. The topological polar surface area (TPSA) is 46.3 Å². The maximum Gasteiger partial charge on any atom is 0.276 e. The first-order chi connectivity index (χ1) is 11.7. The van der Waals surface area contributed by atoms with Gasteiger partial charge in [-0.15, -0.1) is 11.3 Å². The van der Waals surface area contributed by atoms with E-state index in [0.717, 1.165) is 17.7 Å². The van der Waals surface area contributed by atoms with E-state index in [1.54, 1.807) is 29.2 Å². The van der Waals surface area contributed by atoms with Crippen LogP contribution in [0.1, 0.15) is 28.9 Å². The molecular weight excluding hydrogens is 327 g/mol. The quantitative estimate of drug-likeness (QED) is 0.693. The van der Waals surface area contributed by atoms with Crippen LogP contribution in [0.3, 0.4) is 0 Å². The SMILES string of the molecule is O=C(c1cc(-c2cccs2)on1)N(Cc1ccccc1F)C1CC1. The fourth-order valence-corrected chi connectivity index (χ4v) is 3.29. The van der Waals surface area contributed by atoms with Crippen molar-refractivity contribution in [3.05, 3.63) is 64.9 Å². The van der Waals surface area contributed by atoms with Crippen molar-refractivity contribution >= 4 is 17.2 Å². The third-order valence-corrected chi connectivity index (χ3v) is 4.92. The molecule has 24 heavy (non-hydrogen) atoms. The average Bonchev–Trinajstić information content (AvgIpc) is 3.09. The second kappa shape index (κ2) is 6.20. The fraction of sp³-hybridized carbons (Fsp3) is 0.222. The van der Waals surface area contributed by atoms with Gasteiger partial charge in [-0.25, -0.2) is 4.39 Å². The third kappa shape index (κ3) is 2.97. The minimum Gasteiger partial charge on any atom is -0.355 e. The summed E-state index contributed by atoms with van der Waals surface area (Å²) in [5.74, 6) is 0.0673. The Morgan fingerprint density at radius 1 is 1.29 bits per heavy atom. The van der Waals surface area contributed by atoms with Gasteiger partial charge in [0, 0.05) is 24.2 Å². The van der Waals surface area contributed by atoms with Crippen LogP contribution in [0, 0.1) is 5.82 Å². The van der Waals surface area contributed by atoms with Gasteiger partial charge in [0.2, 0.25) is 0 Å². The summed E-state index contributed by atoms with van der Waals surface area (Å²) < 4.78 is 19.2. The minimum absolute atomic E-state index is 0.152. The lowest BCUT2D eigenvalue weighted by Gasteiger charge is -2.21. The summed E-state index contributed by atoms with van der Waals surface area (Å²) in [6.45, 7) is 0.247. The predicted molar refractivity (Wildman–Crippen MR) is 89.1 cm³/mol. The second-order valence-corrected chi connectivity index (χ2v) is 6.76. The average molecular weight is 342 g/mol. The number of amides is 1. The number of benzene rings is 1. The van der Waals surface area contributed by atoms with E-state index in [1.807, 2.05) is 17.5 Å². The molecule has 4 nitrogen and oxygen atoms in total. The van der Waals surface area contributed by atoms with Crippen LogP contribution in [-0.4, -0.2) is 22.0 Å². The lowest BCUT2D eigenvalue weighted by atomic mass is 10.2. The van der Waals surface area contributed by atoms with Crippen LogP contribution in [0.2, 0.25) is 0 Å². The molecule has 0 saturated heterocycles. The normalized spacial score (nSPS) is 13.9. The first-order valence-corrected chi connectivity index (χ1v) is 8.65. The lowest BCUT2D eigenvalue weighted by molar-refractivity contribution is 0.0718. The summed E-state index contributed by atoms with van der Waals surface area (Å²) in [5.41, 5.74) is 0.779. The summed E-state index contributed by atoms with van der Waals surface area (Å²) in [6.07, 6.45) is 1.88. The number of carbonyl (C=O) groups is 1. The highest BCUT2D eigenvalue weighted by molar-refractivity contribution is 7.13. The van der Waals surface area contributed by atoms with Crippen molar-refractivity contribution in [1.82, 2.24) is 10.1 Å². The number of nitrogens with zero attached hydrogens (tertiary/aromatic N) is 2. The van der Waals surface area contributed by atoms with Gasteiger partial charge >= 0.3 is 0 Å². The van der Waals surface area contributed by atoms with Crippen LogP contribution >= 0.6 is 11.3 Å². The predicted octanol–water partition coefficient (Wildman–Crippen LogP) is 4.35. The number of hydrogen-bond acceptors (Lipinski definition) is 4. The van der Waals surface area contributed by atoms with E-state index in [4.69, 9.17) is 4.52 Å². The number of hydrogen-bond donors (Lipinski definition) is 0. The van der Waals surface area contributed by atoms with Crippen molar-refractivity contribution in [2.45, 2.75) is 25.4 Å². The first kappa shape index (κ1) is 15.1. The summed E-state index contributed by atoms with van der Waals surface area (Å²) in [5, 5.41) is 5.85. The molecule has 122 valence electrons. The Labute approximate surface area is 142 Å². The van der Waals surface area contributed by atoms with E-state index in [9.17, 15) is 9.18 Å². The zero-order valence-electron chi connectivity index (χ0n) is 12.8. The Morgan fingerprint density at radius 2 is 2.12 bits per heavy atom. The molecular formula is C18H15FN2O2S. The molecule has 1 fully saturated rings. The molecule has 1 aromatic carbocycles. The molecule has 0 bridgehead atoms. The Balaban J connectivity index is 1.58. The molecule has 4 rings (SSSR count). The van der Waals surface area contributed by atoms with Crippen LogP contribution in [0.5, 0.6) is 0 Å². The van der Waals surface area contributed by atoms with Crippen molar-refractivity contribution in [2.75, 3.05) is 0 Å². The van der Waals surface area contributed by atoms with E-state index in [0.29, 0.717) is 11.3 Å². The summed E-state index contributed by atoms with van der Waals surface area (Å²) in [7, 11) is 0. The smallest absolute Gasteiger partial charge is 0.276 e. The van der Waals surface area contributed by atoms with E-state index in [-0.39, 0.29) is 30.0 Å². The van der Waals surface area contributed by atoms with Crippen LogP contribution in [0.15, 0.2) is 52.4 Å². The van der Waals surface area contributed by atoms with Crippen LogP contribution in [-0.2, 0) is 6.54 Å². The molecule has 0 unspecified atom stereocenters. The van der Waals surface area contributed by atoms with E-state index in [1.165, 1.54) is 17.4 Å². The Morgan fingerprint density at radius 3 is 2.83 bits per heavy atom. The van der Waals surface area contributed by atoms with Gasteiger partial charge < -0.3 is 9.42 Å². The molecule has 6 heteroatoms. The standard InChI is InChI=1S/C18H15FN2O2S/c19-14-5-2-1-4-12(14)11-21(13-7-8-13)18(22)15-10-16(23-20-15)17-6-3-9-24-17/h1-6,9-10,13H,7-8,11H2. The molecule has 0 aliphatic heterocycles. The third-order valence-electron chi connectivity index (χ3n) is 4.04. The van der Waals surface area contributed by atoms with Crippen molar-refractivity contribution in [3.8, 4) is 10.6 Å². The molecule has 2 heterocycles. The highest BCUT2D eigenvalue weighted by atomic mass is 32.1. The first-order valence-electron chi connectivity index (χ1n) is 7.77. The van der Waals surface area contributed by atoms with Crippen molar-refractivity contribution < 1.29 is 13.7 Å². The maximum atomic E-state index is 13.9. The summed E-state index contributed by atoms with van der Waals surface area (Å²) >= 11 is 1.52. The van der Waals surface area contributed by atoms with Gasteiger partial charge in [0.15, 0.2) is 11.5 Å². The Hall–Kier alpha value is -2.47. The van der Waals surface area contributed by atoms with Gasteiger partial charge in [-0.1, -0.05) is 29.4 Å². The number of rotatable bonds is 5. The van der Waals surface area contributed by atoms with E-state index < -0.39 is 0 Å². The highest BCUT2D eigenvalue weighted by Crippen LogP contribution is 2.31. The summed E-state index contributed by atoms with van der Waals surface area (Å²) in [4.78, 5) is 15.4. The molecule has 1 amide bonds. The second-order valence-electron chi connectivity index (χ2n) is 5.81. The zero-order chi connectivity index (χ0) is 16.5. The Bertz CT molecular complexity index is 856. The molecule has 0 atom stereocenters. The number of thiophene rings is 1. The van der Waals surface area contributed by atoms with Crippen molar-refractivity contribution in [3.63, 3.8) is 0 Å². The summed E-state index contributed by atoms with van der Waals surface area (Å²) in [6, 6.07) is 12.2. The largest absolute Gasteiger partial charge is 0.355 e. The van der Waals surface area contributed by atoms with Crippen molar-refractivity contribution in [2.24, 2.45) is 0 Å². The maximum absolute atomic E-state index is 13.9. The lowest BCUT2D eigenvalue weighted by Crippen LogP contribution is -2.33. The Kier molecular flexibility index (Phi) is 3.90. The molecule has 1 aliphatic rings. The molecule has 0 radical (unpaired) electrons. The number of carbonyl (C=O) groups excluding carboxylic acids is 1. The van der Waals surface area contributed by atoms with Gasteiger partial charge in [0.25, 0.3) is 5.91 Å². The van der Waals surface area contributed by atoms with Crippen LogP contribution in [0.25, 0.3) is 10.6 Å². The van der Waals surface area contributed by atoms with Gasteiger partial charge in [0.1, 0.15) is 5.82 Å². The van der Waals surface area contributed by atoms with Gasteiger partial charge in [-0.3, -0.25) is 4.79 Å². The van der Waals surface area contributed by atoms with Gasteiger partial charge in [-0.2, -0.15) is 0 Å². The molecule has 1 aliphatic carbocycles. The number of halogens is 1. The highest BCUT2D eigenvalue weighted by Gasteiger charge is 2.34. The van der Waals surface area contributed by atoms with Crippen LogP contribution in [0.4, 0.5) is 4.39 Å². The zero-order valence-corrected chi connectivity index (χ0v) is 13.6. The van der Waals surface area contributed by atoms with E-state index in [2.05, 4.69) is 5.16 Å². The molecule has 0 N–H and O–H groups in total.